The predicted octanol–water partition coefficient (Wildman–Crippen LogP) is -1.86. The van der Waals surface area contributed by atoms with E-state index < -0.39 is 14.2 Å². The summed E-state index contributed by atoms with van der Waals surface area (Å²) in [6.45, 7) is 0. The minimum absolute atomic E-state index is 0.0400. The number of hydrogen-bond donors (Lipinski definition) is 4. The average molecular weight is 268 g/mol. The fraction of sp³-hybridized carbons (Fsp3) is 0. The molecular formula is C12H10B2N2O4. The lowest BCUT2D eigenvalue weighted by molar-refractivity contribution is 0.420. The molecule has 0 saturated heterocycles. The Balaban J connectivity index is 2.62. The highest BCUT2D eigenvalue weighted by atomic mass is 16.4. The summed E-state index contributed by atoms with van der Waals surface area (Å²) in [6, 6.07) is 6.98. The molecule has 0 fully saturated rings. The quantitative estimate of drug-likeness (QED) is 0.321. The van der Waals surface area contributed by atoms with Gasteiger partial charge in [-0.3, -0.25) is 9.97 Å². The molecule has 2 aromatic heterocycles. The molecule has 4 N–H and O–H groups in total. The molecule has 20 heavy (non-hydrogen) atoms. The van der Waals surface area contributed by atoms with Crippen molar-refractivity contribution < 1.29 is 20.1 Å². The Kier molecular flexibility index (Phi) is 3.15. The first-order valence-electron chi connectivity index (χ1n) is 5.98. The van der Waals surface area contributed by atoms with E-state index in [9.17, 15) is 20.1 Å². The molecule has 0 amide bonds. The first kappa shape index (κ1) is 13.0. The van der Waals surface area contributed by atoms with Gasteiger partial charge in [0, 0.05) is 34.1 Å². The van der Waals surface area contributed by atoms with E-state index >= 15 is 0 Å². The summed E-state index contributed by atoms with van der Waals surface area (Å²) in [5.41, 5.74) is 0.542. The van der Waals surface area contributed by atoms with Gasteiger partial charge in [0.2, 0.25) is 0 Å². The number of pyridine rings is 2. The SMILES string of the molecule is OB(O)c1c(B(O)O)c2ncccc2c2cccnc12. The van der Waals surface area contributed by atoms with Crippen LogP contribution >= 0.6 is 0 Å². The minimum Gasteiger partial charge on any atom is -0.423 e. The van der Waals surface area contributed by atoms with Crippen LogP contribution in [0, 0.1) is 0 Å². The highest BCUT2D eigenvalue weighted by Gasteiger charge is 2.30. The maximum atomic E-state index is 9.58. The second-order valence-corrected chi connectivity index (χ2v) is 4.37. The Hall–Kier alpha value is -1.99. The molecule has 0 atom stereocenters. The minimum atomic E-state index is -1.88. The summed E-state index contributed by atoms with van der Waals surface area (Å²) in [4.78, 5) is 8.25. The van der Waals surface area contributed by atoms with Gasteiger partial charge in [0.05, 0.1) is 11.0 Å². The van der Waals surface area contributed by atoms with Crippen molar-refractivity contribution in [1.82, 2.24) is 9.97 Å². The number of nitrogens with zero attached hydrogens (tertiary/aromatic N) is 2. The van der Waals surface area contributed by atoms with Gasteiger partial charge in [-0.2, -0.15) is 0 Å². The molecule has 2 heterocycles. The van der Waals surface area contributed by atoms with E-state index in [0.29, 0.717) is 21.8 Å². The molecule has 0 radical (unpaired) electrons. The van der Waals surface area contributed by atoms with Crippen LogP contribution in [0.2, 0.25) is 0 Å². The predicted molar refractivity (Wildman–Crippen MR) is 76.7 cm³/mol. The molecule has 6 nitrogen and oxygen atoms in total. The van der Waals surface area contributed by atoms with Crippen molar-refractivity contribution in [3.8, 4) is 0 Å². The molecule has 0 unspecified atom stereocenters. The lowest BCUT2D eigenvalue weighted by Gasteiger charge is -2.14. The standard InChI is InChI=1S/C12H10B2N2O4/c17-13(18)9-10(14(19)20)12-8(4-2-6-16-12)7-3-1-5-15-11(7)9/h1-6,17-20H. The number of rotatable bonds is 2. The smallest absolute Gasteiger partial charge is 0.423 e. The topological polar surface area (TPSA) is 107 Å². The normalized spacial score (nSPS) is 11.0. The Morgan fingerprint density at radius 2 is 1.10 bits per heavy atom. The second kappa shape index (κ2) is 4.84. The fourth-order valence-corrected chi connectivity index (χ4v) is 2.45. The van der Waals surface area contributed by atoms with Crippen molar-refractivity contribution in [3.05, 3.63) is 36.7 Å². The first-order chi connectivity index (χ1) is 9.61. The van der Waals surface area contributed by atoms with Crippen LogP contribution in [0.15, 0.2) is 36.7 Å². The Labute approximate surface area is 114 Å². The summed E-state index contributed by atoms with van der Waals surface area (Å²) < 4.78 is 0. The van der Waals surface area contributed by atoms with Crippen LogP contribution in [0.1, 0.15) is 0 Å². The number of benzene rings is 1. The van der Waals surface area contributed by atoms with Crippen LogP contribution in [0.3, 0.4) is 0 Å². The van der Waals surface area contributed by atoms with E-state index in [4.69, 9.17) is 0 Å². The molecule has 0 aliphatic carbocycles. The lowest BCUT2D eigenvalue weighted by Crippen LogP contribution is -2.50. The van der Waals surface area contributed by atoms with Gasteiger partial charge in [0.15, 0.2) is 0 Å². The molecule has 0 bridgehead atoms. The molecule has 0 saturated carbocycles. The highest BCUT2D eigenvalue weighted by molar-refractivity contribution is 6.76. The van der Waals surface area contributed by atoms with Crippen LogP contribution in [0.4, 0.5) is 0 Å². The number of aromatic nitrogens is 2. The molecule has 1 aromatic carbocycles. The van der Waals surface area contributed by atoms with Gasteiger partial charge in [-0.1, -0.05) is 12.1 Å². The third-order valence-corrected chi connectivity index (χ3v) is 3.22. The molecular weight excluding hydrogens is 258 g/mol. The van der Waals surface area contributed by atoms with Crippen LogP contribution in [-0.2, 0) is 0 Å². The van der Waals surface area contributed by atoms with E-state index in [1.165, 1.54) is 12.4 Å². The van der Waals surface area contributed by atoms with Gasteiger partial charge >= 0.3 is 14.2 Å². The summed E-state index contributed by atoms with van der Waals surface area (Å²) >= 11 is 0. The highest BCUT2D eigenvalue weighted by Crippen LogP contribution is 2.20. The first-order valence-corrected chi connectivity index (χ1v) is 5.98. The van der Waals surface area contributed by atoms with Crippen LogP contribution in [0.25, 0.3) is 21.8 Å². The van der Waals surface area contributed by atoms with E-state index in [1.54, 1.807) is 24.3 Å². The third-order valence-electron chi connectivity index (χ3n) is 3.22. The van der Waals surface area contributed by atoms with Crippen LogP contribution in [-0.4, -0.2) is 44.3 Å². The van der Waals surface area contributed by atoms with Gasteiger partial charge in [-0.25, -0.2) is 0 Å². The van der Waals surface area contributed by atoms with Gasteiger partial charge in [0.1, 0.15) is 0 Å². The molecule has 3 rings (SSSR count). The van der Waals surface area contributed by atoms with Crippen molar-refractivity contribution in [2.24, 2.45) is 0 Å². The molecule has 8 heteroatoms. The number of hydrogen-bond acceptors (Lipinski definition) is 6. The summed E-state index contributed by atoms with van der Waals surface area (Å²) in [7, 11) is -3.76. The van der Waals surface area contributed by atoms with E-state index in [-0.39, 0.29) is 10.9 Å². The maximum absolute atomic E-state index is 9.58. The van der Waals surface area contributed by atoms with Crippen LogP contribution in [0.5, 0.6) is 0 Å². The van der Waals surface area contributed by atoms with Crippen molar-refractivity contribution in [2.45, 2.75) is 0 Å². The van der Waals surface area contributed by atoms with Crippen molar-refractivity contribution in [1.29, 1.82) is 0 Å². The third kappa shape index (κ3) is 1.86. The molecule has 3 aromatic rings. The Morgan fingerprint density at radius 3 is 1.45 bits per heavy atom. The van der Waals surface area contributed by atoms with Crippen molar-refractivity contribution >= 4 is 47.0 Å². The van der Waals surface area contributed by atoms with E-state index in [1.807, 2.05) is 0 Å². The summed E-state index contributed by atoms with van der Waals surface area (Å²) in [5, 5.41) is 39.6. The molecule has 0 aliphatic heterocycles. The largest absolute Gasteiger partial charge is 0.490 e. The Bertz CT molecular complexity index is 728. The van der Waals surface area contributed by atoms with Gasteiger partial charge in [-0.15, -0.1) is 0 Å². The fourth-order valence-electron chi connectivity index (χ4n) is 2.45. The van der Waals surface area contributed by atoms with E-state index in [0.717, 1.165) is 0 Å². The van der Waals surface area contributed by atoms with Crippen molar-refractivity contribution in [2.75, 3.05) is 0 Å². The van der Waals surface area contributed by atoms with E-state index in [2.05, 4.69) is 9.97 Å². The summed E-state index contributed by atoms with van der Waals surface area (Å²) in [6.07, 6.45) is 3.01. The Morgan fingerprint density at radius 1 is 0.700 bits per heavy atom. The van der Waals surface area contributed by atoms with Crippen molar-refractivity contribution in [3.63, 3.8) is 0 Å². The van der Waals surface area contributed by atoms with Gasteiger partial charge in [0.25, 0.3) is 0 Å². The van der Waals surface area contributed by atoms with Gasteiger partial charge < -0.3 is 20.1 Å². The molecule has 98 valence electrons. The maximum Gasteiger partial charge on any atom is 0.490 e. The lowest BCUT2D eigenvalue weighted by atomic mass is 9.64. The van der Waals surface area contributed by atoms with Gasteiger partial charge in [-0.05, 0) is 12.1 Å². The number of fused-ring (bicyclic) bond motifs is 3. The molecule has 0 aliphatic rings. The monoisotopic (exact) mass is 268 g/mol. The second-order valence-electron chi connectivity index (χ2n) is 4.37. The summed E-state index contributed by atoms with van der Waals surface area (Å²) in [5.74, 6) is 0. The van der Waals surface area contributed by atoms with Crippen LogP contribution < -0.4 is 10.9 Å². The zero-order valence-electron chi connectivity index (χ0n) is 10.3. The zero-order chi connectivity index (χ0) is 14.3. The zero-order valence-corrected chi connectivity index (χ0v) is 10.3. The molecule has 0 spiro atoms. The average Bonchev–Trinajstić information content (AvgIpc) is 2.45.